The molecule has 1 heterocycles. The predicted molar refractivity (Wildman–Crippen MR) is 69.2 cm³/mol. The third-order valence-corrected chi connectivity index (χ3v) is 3.12. The van der Waals surface area contributed by atoms with Gasteiger partial charge in [0.05, 0.1) is 0 Å². The molecule has 0 saturated carbocycles. The number of hydrogen-bond acceptors (Lipinski definition) is 2. The summed E-state index contributed by atoms with van der Waals surface area (Å²) < 4.78 is 5.51. The summed E-state index contributed by atoms with van der Waals surface area (Å²) in [5.74, 6) is 0.910. The van der Waals surface area contributed by atoms with Gasteiger partial charge in [-0.15, -0.1) is 0 Å². The normalized spacial score (nSPS) is 18.2. The van der Waals surface area contributed by atoms with Crippen molar-refractivity contribution in [3.63, 3.8) is 0 Å². The fourth-order valence-electron chi connectivity index (χ4n) is 2.14. The Balaban J connectivity index is 1.99. The summed E-state index contributed by atoms with van der Waals surface area (Å²) in [5, 5.41) is 9.87. The van der Waals surface area contributed by atoms with Crippen LogP contribution in [0.15, 0.2) is 30.0 Å². The summed E-state index contributed by atoms with van der Waals surface area (Å²) in [6.45, 7) is 2.20. The van der Waals surface area contributed by atoms with E-state index in [4.69, 9.17) is 4.74 Å². The molecule has 0 radical (unpaired) electrons. The number of ether oxygens (including phenoxy) is 1. The second kappa shape index (κ2) is 5.87. The molecule has 2 nitrogen and oxygen atoms in total. The fraction of sp³-hybridized carbons (Fsp3) is 0.467. The summed E-state index contributed by atoms with van der Waals surface area (Å²) in [5.41, 5.74) is 1.95. The first kappa shape index (κ1) is 12.2. The third-order valence-electron chi connectivity index (χ3n) is 3.12. The minimum Gasteiger partial charge on any atom is -0.465 e. The minimum absolute atomic E-state index is 0.794. The van der Waals surface area contributed by atoms with Crippen molar-refractivity contribution < 1.29 is 9.84 Å². The number of benzene rings is 1. The minimum atomic E-state index is -0.794. The molecule has 92 valence electrons. The molecule has 1 aromatic carbocycles. The molecule has 1 atom stereocenters. The lowest BCUT2D eigenvalue weighted by Crippen LogP contribution is -2.09. The van der Waals surface area contributed by atoms with Gasteiger partial charge >= 0.3 is 0 Å². The summed E-state index contributed by atoms with van der Waals surface area (Å²) in [6, 6.07) is 7.84. The van der Waals surface area contributed by atoms with Crippen LogP contribution in [0.1, 0.15) is 56.4 Å². The first-order valence-corrected chi connectivity index (χ1v) is 6.45. The monoisotopic (exact) mass is 232 g/mol. The Hall–Kier alpha value is -1.28. The highest BCUT2D eigenvalue weighted by Crippen LogP contribution is 2.31. The van der Waals surface area contributed by atoms with E-state index in [1.807, 2.05) is 30.3 Å². The van der Waals surface area contributed by atoms with E-state index in [0.717, 1.165) is 29.7 Å². The van der Waals surface area contributed by atoms with E-state index in [0.29, 0.717) is 0 Å². The zero-order chi connectivity index (χ0) is 12.1. The molecule has 1 N–H and O–H groups in total. The molecule has 0 bridgehead atoms. The van der Waals surface area contributed by atoms with Gasteiger partial charge in [-0.2, -0.15) is 0 Å². The van der Waals surface area contributed by atoms with Crippen LogP contribution in [-0.4, -0.2) is 5.11 Å². The van der Waals surface area contributed by atoms with Crippen LogP contribution in [-0.2, 0) is 4.74 Å². The van der Waals surface area contributed by atoms with Gasteiger partial charge in [-0.25, -0.2) is 0 Å². The van der Waals surface area contributed by atoms with Gasteiger partial charge in [0.1, 0.15) is 5.76 Å². The zero-order valence-electron chi connectivity index (χ0n) is 10.4. The zero-order valence-corrected chi connectivity index (χ0v) is 10.4. The van der Waals surface area contributed by atoms with Gasteiger partial charge in [-0.1, -0.05) is 50.5 Å². The summed E-state index contributed by atoms with van der Waals surface area (Å²) in [6.07, 6.45) is 7.05. The lowest BCUT2D eigenvalue weighted by molar-refractivity contribution is -0.0724. The van der Waals surface area contributed by atoms with Gasteiger partial charge in [0.25, 0.3) is 0 Å². The maximum absolute atomic E-state index is 9.87. The van der Waals surface area contributed by atoms with E-state index in [-0.39, 0.29) is 0 Å². The summed E-state index contributed by atoms with van der Waals surface area (Å²) >= 11 is 0. The fourth-order valence-corrected chi connectivity index (χ4v) is 2.14. The Kier molecular flexibility index (Phi) is 4.21. The van der Waals surface area contributed by atoms with Crippen molar-refractivity contribution in [3.05, 3.63) is 41.2 Å². The number of fused-ring (bicyclic) bond motifs is 1. The Bertz CT molecular complexity index is 396. The molecule has 0 aliphatic carbocycles. The van der Waals surface area contributed by atoms with Crippen molar-refractivity contribution in [2.75, 3.05) is 0 Å². The van der Waals surface area contributed by atoms with Crippen LogP contribution >= 0.6 is 0 Å². The molecule has 0 spiro atoms. The van der Waals surface area contributed by atoms with E-state index in [2.05, 4.69) is 6.92 Å². The smallest absolute Gasteiger partial charge is 0.224 e. The average Bonchev–Trinajstić information content (AvgIpc) is 2.35. The molecule has 2 heteroatoms. The van der Waals surface area contributed by atoms with Crippen molar-refractivity contribution in [1.82, 2.24) is 0 Å². The molecule has 1 aliphatic rings. The second-order valence-electron chi connectivity index (χ2n) is 4.52. The van der Waals surface area contributed by atoms with Crippen molar-refractivity contribution >= 4 is 6.08 Å². The number of unbranched alkanes of at least 4 members (excludes halogenated alkanes) is 3. The lowest BCUT2D eigenvalue weighted by Gasteiger charge is -2.23. The molecule has 0 fully saturated rings. The second-order valence-corrected chi connectivity index (χ2v) is 4.52. The van der Waals surface area contributed by atoms with E-state index in [9.17, 15) is 5.11 Å². The van der Waals surface area contributed by atoms with Crippen molar-refractivity contribution in [3.8, 4) is 0 Å². The van der Waals surface area contributed by atoms with Crippen LogP contribution in [0.25, 0.3) is 6.08 Å². The van der Waals surface area contributed by atoms with Crippen molar-refractivity contribution in [1.29, 1.82) is 0 Å². The molecule has 1 unspecified atom stereocenters. The van der Waals surface area contributed by atoms with Crippen LogP contribution in [0.2, 0.25) is 0 Å². The number of hydrogen-bond donors (Lipinski definition) is 1. The van der Waals surface area contributed by atoms with Gasteiger partial charge < -0.3 is 9.84 Å². The van der Waals surface area contributed by atoms with E-state index in [1.54, 1.807) is 0 Å². The van der Waals surface area contributed by atoms with E-state index >= 15 is 0 Å². The largest absolute Gasteiger partial charge is 0.465 e. The summed E-state index contributed by atoms with van der Waals surface area (Å²) in [7, 11) is 0. The van der Waals surface area contributed by atoms with Crippen molar-refractivity contribution in [2.45, 2.75) is 45.3 Å². The van der Waals surface area contributed by atoms with Crippen LogP contribution in [0, 0.1) is 0 Å². The molecule has 1 aromatic rings. The van der Waals surface area contributed by atoms with E-state index < -0.39 is 6.29 Å². The van der Waals surface area contributed by atoms with Crippen LogP contribution < -0.4 is 0 Å². The quantitative estimate of drug-likeness (QED) is 0.777. The number of allylic oxidation sites excluding steroid dienone is 1. The molecule has 1 aliphatic heterocycles. The standard InChI is InChI=1S/C15H20O2/c1-2-3-4-5-9-13-11-12-8-6-7-10-14(12)15(16)17-13/h6-8,10-11,15-16H,2-5,9H2,1H3. The lowest BCUT2D eigenvalue weighted by atomic mass is 10.0. The van der Waals surface area contributed by atoms with Gasteiger partial charge in [0, 0.05) is 12.0 Å². The topological polar surface area (TPSA) is 29.5 Å². The molecule has 2 rings (SSSR count). The van der Waals surface area contributed by atoms with Crippen LogP contribution in [0.3, 0.4) is 0 Å². The molecular weight excluding hydrogens is 212 g/mol. The molecule has 0 saturated heterocycles. The molecule has 0 amide bonds. The highest BCUT2D eigenvalue weighted by molar-refractivity contribution is 5.57. The van der Waals surface area contributed by atoms with Gasteiger partial charge in [-0.3, -0.25) is 0 Å². The predicted octanol–water partition coefficient (Wildman–Crippen LogP) is 4.02. The number of aliphatic hydroxyl groups excluding tert-OH is 1. The maximum atomic E-state index is 9.87. The van der Waals surface area contributed by atoms with Gasteiger partial charge in [0.15, 0.2) is 0 Å². The average molecular weight is 232 g/mol. The van der Waals surface area contributed by atoms with Crippen molar-refractivity contribution in [2.24, 2.45) is 0 Å². The molecule has 17 heavy (non-hydrogen) atoms. The van der Waals surface area contributed by atoms with Gasteiger partial charge in [0.2, 0.25) is 6.29 Å². The van der Waals surface area contributed by atoms with E-state index in [1.165, 1.54) is 19.3 Å². The highest BCUT2D eigenvalue weighted by Gasteiger charge is 2.18. The van der Waals surface area contributed by atoms with Gasteiger partial charge in [-0.05, 0) is 18.1 Å². The Morgan fingerprint density at radius 1 is 1.18 bits per heavy atom. The van der Waals surface area contributed by atoms with Crippen LogP contribution in [0.4, 0.5) is 0 Å². The number of aliphatic hydroxyl groups is 1. The Morgan fingerprint density at radius 3 is 2.82 bits per heavy atom. The maximum Gasteiger partial charge on any atom is 0.224 e. The van der Waals surface area contributed by atoms with Crippen LogP contribution in [0.5, 0.6) is 0 Å². The first-order valence-electron chi connectivity index (χ1n) is 6.45. The first-order chi connectivity index (χ1) is 8.31. The molecular formula is C15H20O2. The number of rotatable bonds is 5. The Morgan fingerprint density at radius 2 is 2.00 bits per heavy atom. The Labute approximate surface area is 103 Å². The SMILES string of the molecule is CCCCCCC1=Cc2ccccc2C(O)O1. The third kappa shape index (κ3) is 3.10. The molecule has 0 aromatic heterocycles. The highest BCUT2D eigenvalue weighted by atomic mass is 16.6. The summed E-state index contributed by atoms with van der Waals surface area (Å²) in [4.78, 5) is 0.